The molecule has 0 spiro atoms. The third-order valence-electron chi connectivity index (χ3n) is 2.56. The van der Waals surface area contributed by atoms with E-state index in [1.807, 2.05) is 0 Å². The van der Waals surface area contributed by atoms with E-state index in [2.05, 4.69) is 15.3 Å². The van der Waals surface area contributed by atoms with E-state index in [9.17, 15) is 24.8 Å². The third-order valence-corrected chi connectivity index (χ3v) is 2.56. The summed E-state index contributed by atoms with van der Waals surface area (Å²) in [5.41, 5.74) is -1.67. The third kappa shape index (κ3) is 2.95. The topological polar surface area (TPSA) is 156 Å². The summed E-state index contributed by atoms with van der Waals surface area (Å²) >= 11 is 0. The maximum Gasteiger partial charge on any atom is 0.356 e. The molecule has 0 saturated heterocycles. The minimum atomic E-state index is -1.46. The van der Waals surface area contributed by atoms with Gasteiger partial charge in [0, 0.05) is 24.5 Å². The molecule has 0 aliphatic heterocycles. The molecule has 112 valence electrons. The lowest BCUT2D eigenvalue weighted by Gasteiger charge is -2.07. The number of nitro groups is 1. The molecule has 0 aliphatic carbocycles. The first-order valence-electron chi connectivity index (χ1n) is 5.73. The molecule has 1 aromatic heterocycles. The van der Waals surface area contributed by atoms with Crippen LogP contribution in [0.4, 0.5) is 11.4 Å². The van der Waals surface area contributed by atoms with Crippen LogP contribution in [0.1, 0.15) is 21.0 Å². The highest BCUT2D eigenvalue weighted by Crippen LogP contribution is 2.28. The van der Waals surface area contributed by atoms with Crippen LogP contribution < -0.4 is 5.32 Å². The highest BCUT2D eigenvalue weighted by atomic mass is 16.6. The molecule has 1 heterocycles. The van der Waals surface area contributed by atoms with Gasteiger partial charge in [0.2, 0.25) is 0 Å². The van der Waals surface area contributed by atoms with Crippen molar-refractivity contribution in [1.82, 2.24) is 9.97 Å². The number of anilines is 1. The van der Waals surface area contributed by atoms with E-state index in [1.54, 1.807) is 0 Å². The number of nitrogens with zero attached hydrogens (tertiary/aromatic N) is 3. The lowest BCUT2D eigenvalue weighted by atomic mass is 10.2. The van der Waals surface area contributed by atoms with Crippen LogP contribution in [0.25, 0.3) is 0 Å². The molecule has 1 aromatic carbocycles. The zero-order chi connectivity index (χ0) is 16.3. The van der Waals surface area contributed by atoms with Crippen LogP contribution in [-0.2, 0) is 0 Å². The van der Waals surface area contributed by atoms with Gasteiger partial charge >= 0.3 is 5.97 Å². The predicted molar refractivity (Wildman–Crippen MR) is 71.7 cm³/mol. The second kappa shape index (κ2) is 5.83. The second-order valence-electron chi connectivity index (χ2n) is 3.97. The molecule has 0 radical (unpaired) electrons. The Labute approximate surface area is 122 Å². The molecule has 10 heteroatoms. The maximum absolute atomic E-state index is 12.0. The lowest BCUT2D eigenvalue weighted by molar-refractivity contribution is -0.384. The molecule has 0 saturated carbocycles. The molecule has 1 amide bonds. The molecule has 2 rings (SSSR count). The number of carboxylic acid groups (broad SMARTS) is 1. The fourth-order valence-corrected chi connectivity index (χ4v) is 1.58. The summed E-state index contributed by atoms with van der Waals surface area (Å²) in [6, 6.07) is 3.02. The summed E-state index contributed by atoms with van der Waals surface area (Å²) in [5.74, 6) is -2.84. The van der Waals surface area contributed by atoms with Crippen molar-refractivity contribution in [3.05, 3.63) is 52.1 Å². The number of aromatic nitrogens is 2. The number of phenolic OH excluding ortho intramolecular Hbond substituents is 1. The molecule has 0 atom stereocenters. The highest BCUT2D eigenvalue weighted by molar-refractivity contribution is 6.09. The van der Waals surface area contributed by atoms with E-state index in [0.29, 0.717) is 0 Å². The quantitative estimate of drug-likeness (QED) is 0.429. The number of hydrogen-bond acceptors (Lipinski definition) is 7. The molecule has 10 nitrogen and oxygen atoms in total. The Morgan fingerprint density at radius 2 is 1.82 bits per heavy atom. The monoisotopic (exact) mass is 304 g/mol. The van der Waals surface area contributed by atoms with Crippen LogP contribution in [0, 0.1) is 10.1 Å². The summed E-state index contributed by atoms with van der Waals surface area (Å²) in [5, 5.41) is 31.4. The number of hydrogen-bond donors (Lipinski definition) is 3. The number of nitrogens with one attached hydrogen (secondary N) is 1. The highest BCUT2D eigenvalue weighted by Gasteiger charge is 2.21. The smallest absolute Gasteiger partial charge is 0.356 e. The number of carbonyl (C=O) groups excluding carboxylic acids is 1. The average Bonchev–Trinajstić information content (AvgIpc) is 2.49. The van der Waals surface area contributed by atoms with Crippen molar-refractivity contribution < 1.29 is 24.7 Å². The number of phenols is 1. The van der Waals surface area contributed by atoms with Gasteiger partial charge in [-0.2, -0.15) is 0 Å². The van der Waals surface area contributed by atoms with Crippen LogP contribution in [0.5, 0.6) is 5.75 Å². The largest absolute Gasteiger partial charge is 0.506 e. The first kappa shape index (κ1) is 14.8. The summed E-state index contributed by atoms with van der Waals surface area (Å²) in [7, 11) is 0. The minimum absolute atomic E-state index is 0.249. The Kier molecular flexibility index (Phi) is 3.93. The van der Waals surface area contributed by atoms with E-state index < -0.39 is 33.9 Å². The first-order chi connectivity index (χ1) is 10.4. The van der Waals surface area contributed by atoms with Gasteiger partial charge in [-0.05, 0) is 6.07 Å². The number of carboxylic acids is 1. The summed E-state index contributed by atoms with van der Waals surface area (Å²) < 4.78 is 0. The Morgan fingerprint density at radius 3 is 2.41 bits per heavy atom. The van der Waals surface area contributed by atoms with Crippen molar-refractivity contribution in [2.45, 2.75) is 0 Å². The Morgan fingerprint density at radius 1 is 1.18 bits per heavy atom. The van der Waals surface area contributed by atoms with Crippen molar-refractivity contribution in [2.75, 3.05) is 5.32 Å². The Balaban J connectivity index is 2.36. The van der Waals surface area contributed by atoms with Crippen LogP contribution in [-0.4, -0.2) is 37.0 Å². The molecule has 0 unspecified atom stereocenters. The number of amides is 1. The SMILES string of the molecule is O=C(O)c1nccnc1C(=O)Nc1cc([N+](=O)[O-])ccc1O. The number of aromatic carboxylic acids is 1. The fraction of sp³-hybridized carbons (Fsp3) is 0. The van der Waals surface area contributed by atoms with E-state index >= 15 is 0 Å². The van der Waals surface area contributed by atoms with Crippen LogP contribution >= 0.6 is 0 Å². The van der Waals surface area contributed by atoms with E-state index in [0.717, 1.165) is 30.6 Å². The van der Waals surface area contributed by atoms with Crippen LogP contribution in [0.15, 0.2) is 30.6 Å². The summed E-state index contributed by atoms with van der Waals surface area (Å²) in [4.78, 5) is 40.1. The van der Waals surface area contributed by atoms with Crippen molar-refractivity contribution in [3.8, 4) is 5.75 Å². The molecular weight excluding hydrogens is 296 g/mol. The van der Waals surface area contributed by atoms with Gasteiger partial charge in [-0.3, -0.25) is 14.9 Å². The van der Waals surface area contributed by atoms with E-state index in [1.165, 1.54) is 0 Å². The number of non-ortho nitro benzene ring substituents is 1. The average molecular weight is 304 g/mol. The fourth-order valence-electron chi connectivity index (χ4n) is 1.58. The standard InChI is InChI=1S/C12H8N4O6/c17-8-2-1-6(16(21)22)5-7(8)15-11(18)9-10(12(19)20)14-4-3-13-9/h1-5,17H,(H,15,18)(H,19,20). The van der Waals surface area contributed by atoms with Gasteiger partial charge in [0.1, 0.15) is 5.75 Å². The number of nitro benzene ring substituents is 1. The minimum Gasteiger partial charge on any atom is -0.506 e. The number of benzene rings is 1. The van der Waals surface area contributed by atoms with Gasteiger partial charge in [-0.25, -0.2) is 14.8 Å². The van der Waals surface area contributed by atoms with Gasteiger partial charge in [-0.15, -0.1) is 0 Å². The van der Waals surface area contributed by atoms with Gasteiger partial charge in [0.25, 0.3) is 11.6 Å². The number of rotatable bonds is 4. The lowest BCUT2D eigenvalue weighted by Crippen LogP contribution is -2.19. The zero-order valence-corrected chi connectivity index (χ0v) is 10.8. The van der Waals surface area contributed by atoms with E-state index in [-0.39, 0.29) is 11.4 Å². The van der Waals surface area contributed by atoms with Gasteiger partial charge in [0.05, 0.1) is 10.6 Å². The first-order valence-corrected chi connectivity index (χ1v) is 5.73. The van der Waals surface area contributed by atoms with Crippen LogP contribution in [0.2, 0.25) is 0 Å². The summed E-state index contributed by atoms with van der Waals surface area (Å²) in [6.45, 7) is 0. The van der Waals surface area contributed by atoms with Crippen LogP contribution in [0.3, 0.4) is 0 Å². The molecule has 0 fully saturated rings. The molecule has 2 aromatic rings. The van der Waals surface area contributed by atoms with Crippen molar-refractivity contribution in [1.29, 1.82) is 0 Å². The molecular formula is C12H8N4O6. The molecule has 3 N–H and O–H groups in total. The molecule has 0 bridgehead atoms. The maximum atomic E-state index is 12.0. The van der Waals surface area contributed by atoms with Crippen molar-refractivity contribution >= 4 is 23.3 Å². The zero-order valence-electron chi connectivity index (χ0n) is 10.8. The van der Waals surface area contributed by atoms with Gasteiger partial charge in [-0.1, -0.05) is 0 Å². The van der Waals surface area contributed by atoms with Gasteiger partial charge in [0.15, 0.2) is 11.4 Å². The number of carbonyl (C=O) groups is 2. The second-order valence-corrected chi connectivity index (χ2v) is 3.97. The van der Waals surface area contributed by atoms with Crippen molar-refractivity contribution in [2.24, 2.45) is 0 Å². The Hall–Kier alpha value is -3.56. The Bertz CT molecular complexity index is 776. The summed E-state index contributed by atoms with van der Waals surface area (Å²) in [6.07, 6.45) is 2.22. The van der Waals surface area contributed by atoms with E-state index in [4.69, 9.17) is 5.11 Å². The van der Waals surface area contributed by atoms with Gasteiger partial charge < -0.3 is 15.5 Å². The number of aromatic hydroxyl groups is 1. The molecule has 22 heavy (non-hydrogen) atoms. The predicted octanol–water partition coefficient (Wildman–Crippen LogP) is 1.04. The molecule has 0 aliphatic rings. The normalized spacial score (nSPS) is 10.0. The van der Waals surface area contributed by atoms with Crippen molar-refractivity contribution in [3.63, 3.8) is 0 Å².